The van der Waals surface area contributed by atoms with Gasteiger partial charge in [0.25, 0.3) is 0 Å². The number of ether oxygens (including phenoxy) is 2. The Morgan fingerprint density at radius 2 is 1.95 bits per heavy atom. The molecule has 3 heterocycles. The van der Waals surface area contributed by atoms with E-state index >= 15 is 0 Å². The Morgan fingerprint density at radius 3 is 2.74 bits per heavy atom. The van der Waals surface area contributed by atoms with Gasteiger partial charge in [0.05, 0.1) is 32.9 Å². The molecule has 2 aliphatic rings. The van der Waals surface area contributed by atoms with Gasteiger partial charge in [-0.25, -0.2) is 4.98 Å². The number of hydrogen-bond acceptors (Lipinski definition) is 7. The fourth-order valence-corrected chi connectivity index (χ4v) is 4.80. The van der Waals surface area contributed by atoms with Gasteiger partial charge in [0.15, 0.2) is 0 Å². The van der Waals surface area contributed by atoms with Crippen LogP contribution in [0.25, 0.3) is 11.4 Å². The topological polar surface area (TPSA) is 118 Å². The molecule has 1 aromatic carbocycles. The predicted molar refractivity (Wildman–Crippen MR) is 146 cm³/mol. The molecule has 4 rings (SSSR count). The van der Waals surface area contributed by atoms with Crippen molar-refractivity contribution in [3.63, 3.8) is 0 Å². The average molecular weight is 541 g/mol. The number of imidazole rings is 1. The number of hydrogen-bond donors (Lipinski definition) is 2. The van der Waals surface area contributed by atoms with Gasteiger partial charge in [-0.2, -0.15) is 0 Å². The molecule has 1 saturated heterocycles. The molecule has 2 aromatic rings. The van der Waals surface area contributed by atoms with E-state index in [1.54, 1.807) is 11.1 Å². The molecule has 2 aliphatic heterocycles. The molecular weight excluding hydrogens is 500 g/mol. The number of aromatic nitrogens is 2. The van der Waals surface area contributed by atoms with Crippen LogP contribution in [0, 0.1) is 5.92 Å². The zero-order chi connectivity index (χ0) is 27.6. The molecule has 1 fully saturated rings. The third kappa shape index (κ3) is 8.52. The molecule has 0 unspecified atom stereocenters. The van der Waals surface area contributed by atoms with Crippen LogP contribution in [0.3, 0.4) is 0 Å². The maximum atomic E-state index is 13.2. The monoisotopic (exact) mass is 540 g/mol. The smallest absolute Gasteiger partial charge is 0.242 e. The quantitative estimate of drug-likeness (QED) is 0.597. The maximum absolute atomic E-state index is 13.2. The number of nitrogens with zero attached hydrogens (tertiary/aromatic N) is 4. The van der Waals surface area contributed by atoms with E-state index in [0.717, 1.165) is 11.4 Å². The molecule has 2 bridgehead atoms. The van der Waals surface area contributed by atoms with Crippen LogP contribution in [0.2, 0.25) is 0 Å². The summed E-state index contributed by atoms with van der Waals surface area (Å²) in [5, 5.41) is 5.84. The third-order valence-corrected chi connectivity index (χ3v) is 6.81. The van der Waals surface area contributed by atoms with Crippen LogP contribution in [0.1, 0.15) is 26.7 Å². The lowest BCUT2D eigenvalue weighted by atomic mass is 10.0. The largest absolute Gasteiger partial charge is 0.494 e. The van der Waals surface area contributed by atoms with E-state index in [-0.39, 0.29) is 36.7 Å². The lowest BCUT2D eigenvalue weighted by Gasteiger charge is -2.30. The molecule has 1 atom stereocenters. The average Bonchev–Trinajstić information content (AvgIpc) is 3.38. The van der Waals surface area contributed by atoms with Gasteiger partial charge in [0.2, 0.25) is 17.7 Å². The summed E-state index contributed by atoms with van der Waals surface area (Å²) in [7, 11) is 0. The van der Waals surface area contributed by atoms with Gasteiger partial charge >= 0.3 is 0 Å². The Balaban J connectivity index is 1.52. The van der Waals surface area contributed by atoms with Crippen molar-refractivity contribution in [1.29, 1.82) is 0 Å². The molecule has 2 N–H and O–H groups in total. The minimum absolute atomic E-state index is 0.112. The summed E-state index contributed by atoms with van der Waals surface area (Å²) in [5.74, 6) is 0.974. The van der Waals surface area contributed by atoms with Crippen molar-refractivity contribution in [2.45, 2.75) is 39.3 Å². The Hall–Kier alpha value is -3.44. The van der Waals surface area contributed by atoms with Crippen molar-refractivity contribution in [2.75, 3.05) is 59.1 Å². The van der Waals surface area contributed by atoms with Gasteiger partial charge in [-0.1, -0.05) is 26.0 Å². The van der Waals surface area contributed by atoms with E-state index in [2.05, 4.69) is 15.6 Å². The lowest BCUT2D eigenvalue weighted by Crippen LogP contribution is -2.52. The summed E-state index contributed by atoms with van der Waals surface area (Å²) in [6.07, 6.45) is 4.66. The molecule has 0 aliphatic carbocycles. The summed E-state index contributed by atoms with van der Waals surface area (Å²) in [5.41, 5.74) is 0.914. The molecule has 3 amide bonds. The molecule has 0 radical (unpaired) electrons. The van der Waals surface area contributed by atoms with Crippen molar-refractivity contribution in [3.8, 4) is 17.1 Å². The highest BCUT2D eigenvalue weighted by molar-refractivity contribution is 5.90. The van der Waals surface area contributed by atoms with Gasteiger partial charge in [0, 0.05) is 50.7 Å². The van der Waals surface area contributed by atoms with Crippen LogP contribution in [-0.4, -0.2) is 102 Å². The highest BCUT2D eigenvalue weighted by atomic mass is 16.5. The Kier molecular flexibility index (Phi) is 10.3. The van der Waals surface area contributed by atoms with E-state index in [4.69, 9.17) is 9.47 Å². The Bertz CT molecular complexity index is 1110. The molecule has 1 aromatic heterocycles. The molecule has 11 nitrogen and oxygen atoms in total. The van der Waals surface area contributed by atoms with E-state index in [9.17, 15) is 14.4 Å². The summed E-state index contributed by atoms with van der Waals surface area (Å²) < 4.78 is 13.4. The third-order valence-electron chi connectivity index (χ3n) is 6.81. The number of fused-ring (bicyclic) bond motifs is 4. The first-order chi connectivity index (χ1) is 18.9. The molecular formula is C28H40N6O5. The van der Waals surface area contributed by atoms with Gasteiger partial charge in [-0.3, -0.25) is 19.3 Å². The number of amides is 3. The number of nitrogens with one attached hydrogen (secondary N) is 2. The zero-order valence-corrected chi connectivity index (χ0v) is 22.9. The normalized spacial score (nSPS) is 20.3. The van der Waals surface area contributed by atoms with Crippen molar-refractivity contribution in [2.24, 2.45) is 5.92 Å². The second-order valence-corrected chi connectivity index (χ2v) is 10.4. The molecule has 0 spiro atoms. The fraction of sp³-hybridized carbons (Fsp3) is 0.571. The van der Waals surface area contributed by atoms with Crippen LogP contribution >= 0.6 is 0 Å². The van der Waals surface area contributed by atoms with Crippen molar-refractivity contribution >= 4 is 17.7 Å². The Morgan fingerprint density at radius 1 is 1.13 bits per heavy atom. The van der Waals surface area contributed by atoms with Crippen molar-refractivity contribution in [1.82, 2.24) is 30.0 Å². The van der Waals surface area contributed by atoms with Crippen LogP contribution in [-0.2, 0) is 25.7 Å². The number of carbonyl (C=O) groups excluding carboxylic acids is 3. The summed E-state index contributed by atoms with van der Waals surface area (Å²) in [4.78, 5) is 47.5. The van der Waals surface area contributed by atoms with Crippen molar-refractivity contribution in [3.05, 3.63) is 36.7 Å². The number of benzene rings is 1. The van der Waals surface area contributed by atoms with E-state index in [1.807, 2.05) is 53.8 Å². The second-order valence-electron chi connectivity index (χ2n) is 10.4. The number of morpholine rings is 1. The highest BCUT2D eigenvalue weighted by Gasteiger charge is 2.25. The standard InChI is InChI=1S/C28H40N6O5/c1-21(2)17-24-28(37)30-8-11-33-10-7-29-27(33)22-5-3-6-23(18-22)39-14-4-9-34(19-25(35)31-24)26(36)20-32-12-15-38-16-13-32/h3,5-7,10,18,21,24H,4,8-9,11-17,19-20H2,1-2H3,(H,30,37)(H,31,35)/t24-/m1/s1. The minimum Gasteiger partial charge on any atom is -0.494 e. The first-order valence-electron chi connectivity index (χ1n) is 13.8. The highest BCUT2D eigenvalue weighted by Crippen LogP contribution is 2.23. The molecule has 39 heavy (non-hydrogen) atoms. The first kappa shape index (κ1) is 28.6. The summed E-state index contributed by atoms with van der Waals surface area (Å²) in [6.45, 7) is 8.33. The van der Waals surface area contributed by atoms with Gasteiger partial charge in [0.1, 0.15) is 17.6 Å². The first-order valence-corrected chi connectivity index (χ1v) is 13.8. The van der Waals surface area contributed by atoms with Crippen LogP contribution in [0.15, 0.2) is 36.7 Å². The minimum atomic E-state index is -0.685. The second kappa shape index (κ2) is 14.1. The zero-order valence-electron chi connectivity index (χ0n) is 22.9. The SMILES string of the molecule is CC(C)C[C@H]1NC(=O)CN(C(=O)CN2CCOCC2)CCCOc2cccc(c2)-c2nccn2CCNC1=O. The van der Waals surface area contributed by atoms with Crippen LogP contribution in [0.5, 0.6) is 5.75 Å². The summed E-state index contributed by atoms with van der Waals surface area (Å²) >= 11 is 0. The number of carbonyl (C=O) groups is 3. The van der Waals surface area contributed by atoms with Gasteiger partial charge in [-0.15, -0.1) is 0 Å². The fourth-order valence-electron chi connectivity index (χ4n) is 4.80. The van der Waals surface area contributed by atoms with E-state index in [1.165, 1.54) is 0 Å². The molecule has 11 heteroatoms. The summed E-state index contributed by atoms with van der Waals surface area (Å²) in [6, 6.07) is 7.04. The maximum Gasteiger partial charge on any atom is 0.242 e. The van der Waals surface area contributed by atoms with E-state index < -0.39 is 6.04 Å². The predicted octanol–water partition coefficient (Wildman–Crippen LogP) is 1.14. The van der Waals surface area contributed by atoms with Gasteiger partial charge in [-0.05, 0) is 30.9 Å². The molecule has 0 saturated carbocycles. The van der Waals surface area contributed by atoms with Crippen LogP contribution < -0.4 is 15.4 Å². The van der Waals surface area contributed by atoms with Gasteiger partial charge < -0.3 is 29.6 Å². The van der Waals surface area contributed by atoms with E-state index in [0.29, 0.717) is 71.1 Å². The Labute approximate surface area is 229 Å². The van der Waals surface area contributed by atoms with Crippen LogP contribution in [0.4, 0.5) is 0 Å². The molecule has 212 valence electrons. The number of rotatable bonds is 4. The van der Waals surface area contributed by atoms with Crippen molar-refractivity contribution < 1.29 is 23.9 Å². The lowest BCUT2D eigenvalue weighted by molar-refractivity contribution is -0.138.